The number of nitrogens with one attached hydrogen (secondary N) is 2. The molecule has 0 bridgehead atoms. The summed E-state index contributed by atoms with van der Waals surface area (Å²) < 4.78 is 1.93. The largest absolute Gasteiger partial charge is 0.348 e. The maximum absolute atomic E-state index is 12.3. The van der Waals surface area contributed by atoms with Crippen molar-refractivity contribution in [2.75, 3.05) is 18.1 Å². The highest BCUT2D eigenvalue weighted by Gasteiger charge is 2.28. The lowest BCUT2D eigenvalue weighted by Crippen LogP contribution is -2.50. The van der Waals surface area contributed by atoms with Gasteiger partial charge in [-0.3, -0.25) is 9.48 Å². The summed E-state index contributed by atoms with van der Waals surface area (Å²) in [6.07, 6.45) is 5.10. The second-order valence-corrected chi connectivity index (χ2v) is 6.36. The summed E-state index contributed by atoms with van der Waals surface area (Å²) in [6, 6.07) is 0.0967. The first-order valence-corrected chi connectivity index (χ1v) is 8.03. The van der Waals surface area contributed by atoms with Crippen molar-refractivity contribution in [2.45, 2.75) is 31.3 Å². The van der Waals surface area contributed by atoms with Crippen LogP contribution < -0.4 is 10.6 Å². The molecule has 1 fully saturated rings. The average molecular weight is 280 g/mol. The molecule has 6 heteroatoms. The summed E-state index contributed by atoms with van der Waals surface area (Å²) in [5.74, 6) is 2.10. The number of thioether (sulfide) groups is 1. The molecule has 0 saturated carbocycles. The van der Waals surface area contributed by atoms with Gasteiger partial charge in [-0.2, -0.15) is 16.9 Å². The van der Waals surface area contributed by atoms with Crippen LogP contribution >= 0.6 is 11.8 Å². The van der Waals surface area contributed by atoms with Crippen LogP contribution in [-0.4, -0.2) is 39.8 Å². The maximum Gasteiger partial charge on any atom is 0.238 e. The van der Waals surface area contributed by atoms with Gasteiger partial charge in [-0.15, -0.1) is 0 Å². The Morgan fingerprint density at radius 3 is 3.32 bits per heavy atom. The normalized spacial score (nSPS) is 26.8. The molecule has 0 radical (unpaired) electrons. The molecule has 3 rings (SSSR count). The number of rotatable bonds is 2. The molecule has 1 aliphatic carbocycles. The molecule has 2 aliphatic rings. The topological polar surface area (TPSA) is 59.0 Å². The Hall–Kier alpha value is -1.01. The van der Waals surface area contributed by atoms with E-state index in [2.05, 4.69) is 15.7 Å². The zero-order valence-corrected chi connectivity index (χ0v) is 12.0. The van der Waals surface area contributed by atoms with Crippen LogP contribution in [0.4, 0.5) is 0 Å². The van der Waals surface area contributed by atoms with E-state index in [4.69, 9.17) is 0 Å². The van der Waals surface area contributed by atoms with Crippen molar-refractivity contribution < 1.29 is 4.79 Å². The van der Waals surface area contributed by atoms with Crippen LogP contribution in [0.5, 0.6) is 0 Å². The molecule has 0 aromatic carbocycles. The average Bonchev–Trinajstić information content (AvgIpc) is 2.83. The molecule has 104 valence electrons. The van der Waals surface area contributed by atoms with E-state index in [1.807, 2.05) is 29.7 Å². The SMILES string of the molecule is Cn1ncc2c1CCCC2NC(=O)C1CSCCN1. The molecule has 2 N–H and O–H groups in total. The first kappa shape index (κ1) is 13.0. The van der Waals surface area contributed by atoms with Crippen molar-refractivity contribution in [3.05, 3.63) is 17.5 Å². The van der Waals surface area contributed by atoms with Gasteiger partial charge in [0.25, 0.3) is 0 Å². The van der Waals surface area contributed by atoms with Crippen LogP contribution in [0, 0.1) is 0 Å². The molecule has 5 nitrogen and oxygen atoms in total. The molecule has 2 heterocycles. The van der Waals surface area contributed by atoms with Crippen molar-refractivity contribution in [2.24, 2.45) is 7.05 Å². The number of aromatic nitrogens is 2. The van der Waals surface area contributed by atoms with Gasteiger partial charge < -0.3 is 10.6 Å². The first-order chi connectivity index (χ1) is 9.25. The lowest BCUT2D eigenvalue weighted by atomic mass is 9.93. The highest BCUT2D eigenvalue weighted by atomic mass is 32.2. The molecule has 19 heavy (non-hydrogen) atoms. The van der Waals surface area contributed by atoms with Crippen molar-refractivity contribution in [1.82, 2.24) is 20.4 Å². The molecular weight excluding hydrogens is 260 g/mol. The smallest absolute Gasteiger partial charge is 0.238 e. The Morgan fingerprint density at radius 2 is 2.53 bits per heavy atom. The maximum atomic E-state index is 12.3. The predicted octanol–water partition coefficient (Wildman–Crippen LogP) is 0.619. The van der Waals surface area contributed by atoms with Gasteiger partial charge in [0, 0.05) is 36.4 Å². The van der Waals surface area contributed by atoms with Crippen molar-refractivity contribution in [3.63, 3.8) is 0 Å². The van der Waals surface area contributed by atoms with E-state index in [-0.39, 0.29) is 18.0 Å². The van der Waals surface area contributed by atoms with E-state index >= 15 is 0 Å². The van der Waals surface area contributed by atoms with Crippen LogP contribution in [0.1, 0.15) is 30.1 Å². The van der Waals surface area contributed by atoms with Crippen molar-refractivity contribution >= 4 is 17.7 Å². The highest BCUT2D eigenvalue weighted by molar-refractivity contribution is 7.99. The fraction of sp³-hybridized carbons (Fsp3) is 0.692. The lowest BCUT2D eigenvalue weighted by molar-refractivity contribution is -0.123. The standard InChI is InChI=1S/C13H20N4OS/c1-17-12-4-2-3-10(9(12)7-15-17)16-13(18)11-8-19-6-5-14-11/h7,10-11,14H,2-6,8H2,1H3,(H,16,18). The lowest BCUT2D eigenvalue weighted by Gasteiger charge is -2.28. The molecule has 2 atom stereocenters. The van der Waals surface area contributed by atoms with Crippen LogP contribution in [0.15, 0.2) is 6.20 Å². The fourth-order valence-electron chi connectivity index (χ4n) is 2.86. The second kappa shape index (κ2) is 5.54. The Morgan fingerprint density at radius 1 is 1.63 bits per heavy atom. The van der Waals surface area contributed by atoms with Gasteiger partial charge in [0.05, 0.1) is 18.3 Å². The number of amides is 1. The molecule has 1 saturated heterocycles. The van der Waals surface area contributed by atoms with Gasteiger partial charge in [0.2, 0.25) is 5.91 Å². The summed E-state index contributed by atoms with van der Waals surface area (Å²) in [7, 11) is 1.97. The zero-order chi connectivity index (χ0) is 13.2. The monoisotopic (exact) mass is 280 g/mol. The summed E-state index contributed by atoms with van der Waals surface area (Å²) >= 11 is 1.84. The molecule has 1 amide bonds. The molecule has 1 aromatic rings. The third kappa shape index (κ3) is 2.65. The van der Waals surface area contributed by atoms with Gasteiger partial charge in [-0.25, -0.2) is 0 Å². The Labute approximate surface area is 117 Å². The quantitative estimate of drug-likeness (QED) is 0.834. The van der Waals surface area contributed by atoms with Gasteiger partial charge in [-0.1, -0.05) is 0 Å². The van der Waals surface area contributed by atoms with Gasteiger partial charge in [0.15, 0.2) is 0 Å². The van der Waals surface area contributed by atoms with E-state index in [0.717, 1.165) is 37.3 Å². The van der Waals surface area contributed by atoms with Crippen LogP contribution in [0.2, 0.25) is 0 Å². The number of nitrogens with zero attached hydrogens (tertiary/aromatic N) is 2. The fourth-order valence-corrected chi connectivity index (χ4v) is 3.80. The molecule has 1 aliphatic heterocycles. The molecule has 2 unspecified atom stereocenters. The highest BCUT2D eigenvalue weighted by Crippen LogP contribution is 2.29. The first-order valence-electron chi connectivity index (χ1n) is 6.88. The number of aryl methyl sites for hydroxylation is 1. The predicted molar refractivity (Wildman–Crippen MR) is 76.1 cm³/mol. The molecule has 0 spiro atoms. The van der Waals surface area contributed by atoms with Gasteiger partial charge in [0.1, 0.15) is 0 Å². The van der Waals surface area contributed by atoms with E-state index in [9.17, 15) is 4.79 Å². The van der Waals surface area contributed by atoms with Crippen LogP contribution in [0.3, 0.4) is 0 Å². The second-order valence-electron chi connectivity index (χ2n) is 5.21. The van der Waals surface area contributed by atoms with Gasteiger partial charge in [-0.05, 0) is 19.3 Å². The van der Waals surface area contributed by atoms with Crippen molar-refractivity contribution in [1.29, 1.82) is 0 Å². The number of carbonyl (C=O) groups is 1. The molecular formula is C13H20N4OS. The third-order valence-corrected chi connectivity index (χ3v) is 4.99. The summed E-state index contributed by atoms with van der Waals surface area (Å²) in [4.78, 5) is 12.3. The Kier molecular flexibility index (Phi) is 3.79. The Balaban J connectivity index is 1.68. The summed E-state index contributed by atoms with van der Waals surface area (Å²) in [5, 5.41) is 10.8. The minimum atomic E-state index is -0.0409. The van der Waals surface area contributed by atoms with E-state index < -0.39 is 0 Å². The Bertz CT molecular complexity index is 467. The summed E-state index contributed by atoms with van der Waals surface area (Å²) in [5.41, 5.74) is 2.47. The van der Waals surface area contributed by atoms with E-state index in [1.54, 1.807) is 0 Å². The molecule has 1 aromatic heterocycles. The minimum Gasteiger partial charge on any atom is -0.348 e. The number of carbonyl (C=O) groups excluding carboxylic acids is 1. The zero-order valence-electron chi connectivity index (χ0n) is 11.2. The van der Waals surface area contributed by atoms with Crippen LogP contribution in [-0.2, 0) is 18.3 Å². The van der Waals surface area contributed by atoms with Crippen LogP contribution in [0.25, 0.3) is 0 Å². The van der Waals surface area contributed by atoms with E-state index in [1.165, 1.54) is 11.3 Å². The third-order valence-electron chi connectivity index (χ3n) is 3.93. The number of hydrogen-bond donors (Lipinski definition) is 2. The number of hydrogen-bond acceptors (Lipinski definition) is 4. The van der Waals surface area contributed by atoms with Crippen molar-refractivity contribution in [3.8, 4) is 0 Å². The van der Waals surface area contributed by atoms with E-state index in [0.29, 0.717) is 0 Å². The number of fused-ring (bicyclic) bond motifs is 1. The summed E-state index contributed by atoms with van der Waals surface area (Å²) in [6.45, 7) is 0.922. The minimum absolute atomic E-state index is 0.0409. The van der Waals surface area contributed by atoms with Gasteiger partial charge >= 0.3 is 0 Å².